The number of aliphatic hydroxyl groups is 2. The molecule has 0 aliphatic heterocycles. The van der Waals surface area contributed by atoms with Gasteiger partial charge in [-0.05, 0) is 0 Å². The normalized spacial score (nSPS) is 8.73. The van der Waals surface area contributed by atoms with Crippen molar-refractivity contribution in [3.8, 4) is 0 Å². The van der Waals surface area contributed by atoms with Crippen molar-refractivity contribution in [1.82, 2.24) is 5.32 Å². The molecule has 5 heteroatoms. The Labute approximate surface area is 82.1 Å². The maximum absolute atomic E-state index is 8.15. The van der Waals surface area contributed by atoms with E-state index in [4.69, 9.17) is 19.1 Å². The van der Waals surface area contributed by atoms with Crippen molar-refractivity contribution in [3.05, 3.63) is 0 Å². The molecule has 0 aromatic carbocycles. The molecule has 2 radical (unpaired) electrons. The van der Waals surface area contributed by atoms with Crippen LogP contribution in [0.1, 0.15) is 6.92 Å². The second-order valence-corrected chi connectivity index (χ2v) is 6.26. The monoisotopic (exact) mass is 289 g/mol. The second kappa shape index (κ2) is 17.2. The molecule has 0 rings (SSSR count). The molecule has 68 valence electrons. The van der Waals surface area contributed by atoms with Gasteiger partial charge in [0.05, 0.1) is 13.2 Å². The molecule has 0 aliphatic rings. The third-order valence-electron chi connectivity index (χ3n) is 0.711. The summed E-state index contributed by atoms with van der Waals surface area (Å²) in [4.78, 5) is 0. The maximum Gasteiger partial charge on any atom is 0.0555 e. The number of hydrogen-bond donors (Lipinski definition) is 3. The van der Waals surface area contributed by atoms with Crippen LogP contribution >= 0.6 is 8.92 Å². The van der Waals surface area contributed by atoms with Crippen LogP contribution in [-0.4, -0.2) is 56.5 Å². The number of nitrogens with one attached hydrogen (secondary N) is 1. The Morgan fingerprint density at radius 3 is 1.82 bits per heavy atom. The molecule has 0 unspecified atom stereocenters. The average Bonchev–Trinajstić information content (AvgIpc) is 2.06. The molecule has 0 aliphatic carbocycles. The van der Waals surface area contributed by atoms with Crippen LogP contribution < -0.4 is 5.32 Å². The fourth-order valence-electron chi connectivity index (χ4n) is 0.283. The molecule has 0 aromatic heterocycles. The molecule has 11 heavy (non-hydrogen) atoms. The number of hydrogen-bond acceptors (Lipinski definition) is 3. The predicted octanol–water partition coefficient (Wildman–Crippen LogP) is -0.157. The zero-order valence-electron chi connectivity index (χ0n) is 6.81. The van der Waals surface area contributed by atoms with E-state index in [1.807, 2.05) is 0 Å². The van der Waals surface area contributed by atoms with Gasteiger partial charge in [0.25, 0.3) is 0 Å². The van der Waals surface area contributed by atoms with Gasteiger partial charge in [-0.1, -0.05) is 0 Å². The Kier molecular flexibility index (Phi) is 22.6. The van der Waals surface area contributed by atoms with Gasteiger partial charge in [-0.25, -0.2) is 0 Å². The van der Waals surface area contributed by atoms with E-state index in [1.165, 1.54) is 4.44 Å². The molecule has 0 saturated heterocycles. The van der Waals surface area contributed by atoms with Crippen molar-refractivity contribution in [2.45, 2.75) is 11.4 Å². The van der Waals surface area contributed by atoms with Gasteiger partial charge in [0.1, 0.15) is 0 Å². The Hall–Kier alpha value is 0.969. The molecule has 0 heterocycles. The van der Waals surface area contributed by atoms with Gasteiger partial charge in [0, 0.05) is 13.1 Å². The van der Waals surface area contributed by atoms with Gasteiger partial charge in [0.15, 0.2) is 0 Å². The number of aliphatic hydroxyl groups excluding tert-OH is 2. The SMILES string of the molecule is C[CH2][Sn][Cl].OCCNCCO. The topological polar surface area (TPSA) is 52.5 Å². The Morgan fingerprint density at radius 2 is 1.64 bits per heavy atom. The third-order valence-corrected chi connectivity index (χ3v) is 3.27. The zero-order valence-corrected chi connectivity index (χ0v) is 10.4. The quantitative estimate of drug-likeness (QED) is 0.487. The first kappa shape index (κ1) is 14.5. The first-order valence-corrected chi connectivity index (χ1v) is 9.22. The van der Waals surface area contributed by atoms with Crippen LogP contribution in [0.2, 0.25) is 4.44 Å². The van der Waals surface area contributed by atoms with E-state index in [-0.39, 0.29) is 33.2 Å². The summed E-state index contributed by atoms with van der Waals surface area (Å²) < 4.78 is 1.25. The van der Waals surface area contributed by atoms with Crippen molar-refractivity contribution >= 4 is 28.9 Å². The molecule has 0 spiro atoms. The molecule has 0 amide bonds. The smallest absolute Gasteiger partial charge is 0.0555 e. The Bertz CT molecular complexity index is 53.8. The fourth-order valence-corrected chi connectivity index (χ4v) is 0.283. The first-order chi connectivity index (χ1) is 5.33. The van der Waals surface area contributed by atoms with E-state index in [0.29, 0.717) is 13.1 Å². The largest absolute Gasteiger partial charge is 0.395 e. The van der Waals surface area contributed by atoms with Crippen molar-refractivity contribution < 1.29 is 10.2 Å². The summed E-state index contributed by atoms with van der Waals surface area (Å²) in [5.74, 6) is 0. The summed E-state index contributed by atoms with van der Waals surface area (Å²) in [6, 6.07) is 0. The predicted molar refractivity (Wildman–Crippen MR) is 49.1 cm³/mol. The molecule has 0 fully saturated rings. The van der Waals surface area contributed by atoms with Crippen LogP contribution in [0.5, 0.6) is 0 Å². The molecule has 3 N–H and O–H groups in total. The van der Waals surface area contributed by atoms with Gasteiger partial charge in [-0.15, -0.1) is 0 Å². The number of halogens is 1. The van der Waals surface area contributed by atoms with Crippen LogP contribution in [0, 0.1) is 0 Å². The van der Waals surface area contributed by atoms with Crippen LogP contribution in [-0.2, 0) is 0 Å². The van der Waals surface area contributed by atoms with Gasteiger partial charge in [-0.2, -0.15) is 0 Å². The minimum absolute atomic E-state index is 0.139. The van der Waals surface area contributed by atoms with Crippen LogP contribution in [0.25, 0.3) is 0 Å². The Balaban J connectivity index is 0. The van der Waals surface area contributed by atoms with E-state index < -0.39 is 0 Å². The van der Waals surface area contributed by atoms with Crippen LogP contribution in [0.4, 0.5) is 0 Å². The van der Waals surface area contributed by atoms with Crippen molar-refractivity contribution in [3.63, 3.8) is 0 Å². The van der Waals surface area contributed by atoms with Crippen molar-refractivity contribution in [1.29, 1.82) is 0 Å². The fraction of sp³-hybridized carbons (Fsp3) is 1.00. The standard InChI is InChI=1S/C4H11NO2.C2H5.ClH.Sn/c6-3-1-5-2-4-7;1-2;;/h5-7H,1-4H2;1H2,2H3;1H;/q;;;+1/p-1. The summed E-state index contributed by atoms with van der Waals surface area (Å²) >= 11 is -0.304. The van der Waals surface area contributed by atoms with Gasteiger partial charge < -0.3 is 15.5 Å². The Morgan fingerprint density at radius 1 is 1.27 bits per heavy atom. The van der Waals surface area contributed by atoms with Crippen molar-refractivity contribution in [2.75, 3.05) is 26.3 Å². The summed E-state index contributed by atoms with van der Waals surface area (Å²) in [5.41, 5.74) is 0. The van der Waals surface area contributed by atoms with E-state index >= 15 is 0 Å². The molecule has 0 saturated carbocycles. The van der Waals surface area contributed by atoms with E-state index in [9.17, 15) is 0 Å². The minimum atomic E-state index is -0.304. The van der Waals surface area contributed by atoms with Crippen molar-refractivity contribution in [2.24, 2.45) is 0 Å². The molecule has 0 atom stereocenters. The molecule has 3 nitrogen and oxygen atoms in total. The molecular formula is C6H16ClNO2Sn. The first-order valence-electron chi connectivity index (χ1n) is 3.59. The third kappa shape index (κ3) is 24.8. The summed E-state index contributed by atoms with van der Waals surface area (Å²) in [7, 11) is 5.36. The summed E-state index contributed by atoms with van der Waals surface area (Å²) in [6.07, 6.45) is 0. The summed E-state index contributed by atoms with van der Waals surface area (Å²) in [5, 5.41) is 19.1. The zero-order chi connectivity index (χ0) is 8.95. The van der Waals surface area contributed by atoms with E-state index in [2.05, 4.69) is 12.2 Å². The number of rotatable bonds is 5. The van der Waals surface area contributed by atoms with E-state index in [1.54, 1.807) is 0 Å². The average molecular weight is 288 g/mol. The second-order valence-electron chi connectivity index (χ2n) is 1.68. The molecule has 0 bridgehead atoms. The maximum atomic E-state index is 8.15. The molecule has 0 aromatic rings. The van der Waals surface area contributed by atoms with Gasteiger partial charge in [-0.3, -0.25) is 0 Å². The molecular weight excluding hydrogens is 272 g/mol. The van der Waals surface area contributed by atoms with Gasteiger partial charge >= 0.3 is 40.3 Å². The summed E-state index contributed by atoms with van der Waals surface area (Å²) in [6.45, 7) is 3.54. The van der Waals surface area contributed by atoms with E-state index in [0.717, 1.165) is 0 Å². The van der Waals surface area contributed by atoms with Crippen LogP contribution in [0.15, 0.2) is 0 Å². The minimum Gasteiger partial charge on any atom is -0.395 e. The van der Waals surface area contributed by atoms with Gasteiger partial charge in [0.2, 0.25) is 0 Å². The van der Waals surface area contributed by atoms with Crippen LogP contribution in [0.3, 0.4) is 0 Å².